The van der Waals surface area contributed by atoms with Gasteiger partial charge in [0.1, 0.15) is 0 Å². The zero-order valence-electron chi connectivity index (χ0n) is 20.5. The van der Waals surface area contributed by atoms with Gasteiger partial charge in [-0.2, -0.15) is 0 Å². The molecule has 2 aromatic rings. The first-order valence-corrected chi connectivity index (χ1v) is 12.9. The molecule has 1 amide bonds. The molecule has 1 saturated carbocycles. The molecule has 1 aliphatic carbocycles. The lowest BCUT2D eigenvalue weighted by Crippen LogP contribution is -2.48. The predicted octanol–water partition coefficient (Wildman–Crippen LogP) is 6.28. The Bertz CT molecular complexity index is 909. The van der Waals surface area contributed by atoms with E-state index < -0.39 is 0 Å². The molecule has 34 heavy (non-hydrogen) atoms. The van der Waals surface area contributed by atoms with Crippen molar-refractivity contribution < 1.29 is 14.4 Å². The lowest BCUT2D eigenvalue weighted by Gasteiger charge is -2.42. The Hall–Kier alpha value is -2.60. The fourth-order valence-corrected chi connectivity index (χ4v) is 5.87. The van der Waals surface area contributed by atoms with Crippen molar-refractivity contribution in [2.45, 2.75) is 77.2 Å². The van der Waals surface area contributed by atoms with Crippen LogP contribution in [0.2, 0.25) is 0 Å². The number of oxime groups is 1. The standard InChI is InChI=1S/C28H39N3O3/c1-23-8-10-24(11-9-23)31(27(32)26-7-5-22-34-26)25-12-19-30(20-13-25)21-17-28(16-6-18-29-33)14-3-2-4-15-28/h5,7-11,18,22,25,33H,2-4,6,12-17,19-21H2,1H3. The maximum absolute atomic E-state index is 13.4. The van der Waals surface area contributed by atoms with Gasteiger partial charge in [-0.15, -0.1) is 5.16 Å². The topological polar surface area (TPSA) is 69.3 Å². The Morgan fingerprint density at radius 1 is 1.15 bits per heavy atom. The molecule has 4 rings (SSSR count). The van der Waals surface area contributed by atoms with Crippen LogP contribution >= 0.6 is 0 Å². The number of amides is 1. The van der Waals surface area contributed by atoms with E-state index in [1.54, 1.807) is 24.6 Å². The molecular weight excluding hydrogens is 426 g/mol. The number of hydrogen-bond acceptors (Lipinski definition) is 5. The largest absolute Gasteiger partial charge is 0.459 e. The summed E-state index contributed by atoms with van der Waals surface area (Å²) in [6.07, 6.45) is 14.9. The SMILES string of the molecule is Cc1ccc(N(C(=O)c2ccco2)C2CCN(CCC3(CCC=NO)CCCCC3)CC2)cc1. The highest BCUT2D eigenvalue weighted by atomic mass is 16.4. The molecule has 0 unspecified atom stereocenters. The van der Waals surface area contributed by atoms with Crippen LogP contribution in [0.1, 0.15) is 80.3 Å². The van der Waals surface area contributed by atoms with E-state index in [0.717, 1.165) is 51.0 Å². The number of piperidine rings is 1. The van der Waals surface area contributed by atoms with E-state index in [2.05, 4.69) is 29.1 Å². The minimum Gasteiger partial charge on any atom is -0.459 e. The molecule has 2 fully saturated rings. The fraction of sp³-hybridized carbons (Fsp3) is 0.571. The van der Waals surface area contributed by atoms with Crippen LogP contribution < -0.4 is 4.90 Å². The smallest absolute Gasteiger partial charge is 0.294 e. The van der Waals surface area contributed by atoms with Crippen molar-refractivity contribution in [3.8, 4) is 0 Å². The molecule has 0 bridgehead atoms. The molecule has 1 aliphatic heterocycles. The van der Waals surface area contributed by atoms with Gasteiger partial charge in [0.15, 0.2) is 5.76 Å². The number of carbonyl (C=O) groups excluding carboxylic acids is 1. The molecule has 2 heterocycles. The van der Waals surface area contributed by atoms with E-state index in [4.69, 9.17) is 9.62 Å². The molecule has 1 N–H and O–H groups in total. The van der Waals surface area contributed by atoms with Gasteiger partial charge >= 0.3 is 0 Å². The van der Waals surface area contributed by atoms with E-state index in [1.807, 2.05) is 17.0 Å². The summed E-state index contributed by atoms with van der Waals surface area (Å²) in [7, 11) is 0. The zero-order valence-corrected chi connectivity index (χ0v) is 20.5. The van der Waals surface area contributed by atoms with Gasteiger partial charge in [0.05, 0.1) is 6.26 Å². The van der Waals surface area contributed by atoms with Gasteiger partial charge < -0.3 is 19.4 Å². The minimum atomic E-state index is -0.0565. The minimum absolute atomic E-state index is 0.0565. The number of furan rings is 1. The summed E-state index contributed by atoms with van der Waals surface area (Å²) in [4.78, 5) is 17.9. The van der Waals surface area contributed by atoms with Gasteiger partial charge in [0, 0.05) is 31.0 Å². The second kappa shape index (κ2) is 11.7. The van der Waals surface area contributed by atoms with Crippen molar-refractivity contribution in [3.05, 3.63) is 54.0 Å². The number of benzene rings is 1. The molecular formula is C28H39N3O3. The Morgan fingerprint density at radius 2 is 1.88 bits per heavy atom. The van der Waals surface area contributed by atoms with Crippen molar-refractivity contribution in [2.75, 3.05) is 24.5 Å². The van der Waals surface area contributed by atoms with Crippen LogP contribution in [-0.4, -0.2) is 47.9 Å². The van der Waals surface area contributed by atoms with Gasteiger partial charge in [0.25, 0.3) is 5.91 Å². The van der Waals surface area contributed by atoms with Crippen molar-refractivity contribution in [1.29, 1.82) is 0 Å². The third-order valence-corrected chi connectivity index (χ3v) is 7.94. The molecule has 1 saturated heterocycles. The average molecular weight is 466 g/mol. The highest BCUT2D eigenvalue weighted by molar-refractivity contribution is 6.04. The summed E-state index contributed by atoms with van der Waals surface area (Å²) in [6, 6.07) is 11.9. The third kappa shape index (κ3) is 6.09. The molecule has 2 aliphatic rings. The van der Waals surface area contributed by atoms with Crippen LogP contribution in [0.3, 0.4) is 0 Å². The van der Waals surface area contributed by atoms with Crippen LogP contribution in [0, 0.1) is 12.3 Å². The van der Waals surface area contributed by atoms with Crippen molar-refractivity contribution in [2.24, 2.45) is 10.6 Å². The highest BCUT2D eigenvalue weighted by Gasteiger charge is 2.34. The Labute approximate surface area is 203 Å². The molecule has 6 nitrogen and oxygen atoms in total. The summed E-state index contributed by atoms with van der Waals surface area (Å²) in [5, 5.41) is 12.0. The van der Waals surface area contributed by atoms with Gasteiger partial charge in [-0.25, -0.2) is 0 Å². The lowest BCUT2D eigenvalue weighted by atomic mass is 9.69. The molecule has 6 heteroatoms. The number of hydrogen-bond donors (Lipinski definition) is 1. The first-order valence-electron chi connectivity index (χ1n) is 12.9. The summed E-state index contributed by atoms with van der Waals surface area (Å²) < 4.78 is 5.46. The summed E-state index contributed by atoms with van der Waals surface area (Å²) in [5.74, 6) is 0.340. The van der Waals surface area contributed by atoms with E-state index in [1.165, 1.54) is 44.1 Å². The van der Waals surface area contributed by atoms with Crippen molar-refractivity contribution >= 4 is 17.8 Å². The first-order chi connectivity index (χ1) is 16.6. The summed E-state index contributed by atoms with van der Waals surface area (Å²) in [6.45, 7) is 5.19. The third-order valence-electron chi connectivity index (χ3n) is 7.94. The number of rotatable bonds is 9. The normalized spacial score (nSPS) is 19.4. The Kier molecular flexibility index (Phi) is 8.44. The number of anilines is 1. The summed E-state index contributed by atoms with van der Waals surface area (Å²) >= 11 is 0. The monoisotopic (exact) mass is 465 g/mol. The number of nitrogens with zero attached hydrogens (tertiary/aromatic N) is 3. The van der Waals surface area contributed by atoms with Crippen LogP contribution in [0.5, 0.6) is 0 Å². The molecule has 184 valence electrons. The number of carbonyl (C=O) groups is 1. The second-order valence-corrected chi connectivity index (χ2v) is 10.2. The fourth-order valence-electron chi connectivity index (χ4n) is 5.87. The number of likely N-dealkylation sites (tertiary alicyclic amines) is 1. The van der Waals surface area contributed by atoms with Crippen LogP contribution in [0.15, 0.2) is 52.2 Å². The van der Waals surface area contributed by atoms with E-state index in [9.17, 15) is 4.79 Å². The van der Waals surface area contributed by atoms with Gasteiger partial charge in [-0.1, -0.05) is 37.0 Å². The van der Waals surface area contributed by atoms with Crippen LogP contribution in [-0.2, 0) is 0 Å². The first kappa shape index (κ1) is 24.5. The molecule has 0 atom stereocenters. The molecule has 0 radical (unpaired) electrons. The van der Waals surface area contributed by atoms with E-state index in [0.29, 0.717) is 11.2 Å². The van der Waals surface area contributed by atoms with Crippen LogP contribution in [0.25, 0.3) is 0 Å². The summed E-state index contributed by atoms with van der Waals surface area (Å²) in [5.41, 5.74) is 2.52. The molecule has 0 spiro atoms. The van der Waals surface area contributed by atoms with Gasteiger partial charge in [-0.05, 0) is 88.1 Å². The van der Waals surface area contributed by atoms with E-state index in [-0.39, 0.29) is 11.9 Å². The quantitative estimate of drug-likeness (QED) is 0.269. The lowest BCUT2D eigenvalue weighted by molar-refractivity contribution is 0.0919. The average Bonchev–Trinajstić information content (AvgIpc) is 3.41. The second-order valence-electron chi connectivity index (χ2n) is 10.2. The van der Waals surface area contributed by atoms with Gasteiger partial charge in [0.2, 0.25) is 0 Å². The molecule has 1 aromatic heterocycles. The van der Waals surface area contributed by atoms with Crippen molar-refractivity contribution in [1.82, 2.24) is 4.90 Å². The number of aryl methyl sites for hydroxylation is 1. The zero-order chi connectivity index (χ0) is 23.8. The van der Waals surface area contributed by atoms with Gasteiger partial charge in [-0.3, -0.25) is 4.79 Å². The van der Waals surface area contributed by atoms with E-state index >= 15 is 0 Å². The maximum Gasteiger partial charge on any atom is 0.294 e. The highest BCUT2D eigenvalue weighted by Crippen LogP contribution is 2.43. The predicted molar refractivity (Wildman–Crippen MR) is 136 cm³/mol. The Balaban J connectivity index is 1.38. The van der Waals surface area contributed by atoms with Crippen LogP contribution in [0.4, 0.5) is 5.69 Å². The van der Waals surface area contributed by atoms with Crippen molar-refractivity contribution in [3.63, 3.8) is 0 Å². The molecule has 1 aromatic carbocycles. The maximum atomic E-state index is 13.4. The Morgan fingerprint density at radius 3 is 2.53 bits per heavy atom.